The second-order valence-electron chi connectivity index (χ2n) is 4.94. The van der Waals surface area contributed by atoms with E-state index in [0.29, 0.717) is 12.0 Å². The topological polar surface area (TPSA) is 22.1 Å². The van der Waals surface area contributed by atoms with Gasteiger partial charge in [-0.3, -0.25) is 0 Å². The molecule has 2 aromatic rings. The van der Waals surface area contributed by atoms with E-state index in [4.69, 9.17) is 16.3 Å². The summed E-state index contributed by atoms with van der Waals surface area (Å²) in [4.78, 5) is 4.64. The minimum absolute atomic E-state index is 0.135. The fourth-order valence-corrected chi connectivity index (χ4v) is 3.88. The Morgan fingerprint density at radius 2 is 2.33 bits per heavy atom. The van der Waals surface area contributed by atoms with Gasteiger partial charge in [0.2, 0.25) is 0 Å². The highest BCUT2D eigenvalue weighted by Crippen LogP contribution is 2.30. The van der Waals surface area contributed by atoms with Crippen LogP contribution >= 0.6 is 22.9 Å². The molecule has 1 aliphatic rings. The summed E-state index contributed by atoms with van der Waals surface area (Å²) in [6.07, 6.45) is 2.27. The lowest BCUT2D eigenvalue weighted by molar-refractivity contribution is 0.120. The lowest BCUT2D eigenvalue weighted by atomic mass is 10.00. The second-order valence-corrected chi connectivity index (χ2v) is 6.61. The van der Waals surface area contributed by atoms with E-state index in [9.17, 15) is 0 Å². The minimum Gasteiger partial charge on any atom is -0.378 e. The third kappa shape index (κ3) is 2.53. The van der Waals surface area contributed by atoms with Gasteiger partial charge in [-0.05, 0) is 25.5 Å². The number of nitrogens with zero attached hydrogens (tertiary/aromatic N) is 1. The molecule has 96 valence electrons. The van der Waals surface area contributed by atoms with Crippen molar-refractivity contribution in [2.24, 2.45) is 5.92 Å². The van der Waals surface area contributed by atoms with Gasteiger partial charge in [0.05, 0.1) is 27.9 Å². The van der Waals surface area contributed by atoms with Gasteiger partial charge in [0.15, 0.2) is 0 Å². The van der Waals surface area contributed by atoms with Crippen LogP contribution in [0, 0.1) is 5.92 Å². The van der Waals surface area contributed by atoms with Crippen molar-refractivity contribution in [3.63, 3.8) is 0 Å². The summed E-state index contributed by atoms with van der Waals surface area (Å²) in [7, 11) is 0. The highest BCUT2D eigenvalue weighted by atomic mass is 35.5. The van der Waals surface area contributed by atoms with E-state index >= 15 is 0 Å². The quantitative estimate of drug-likeness (QED) is 0.797. The number of halogens is 1. The van der Waals surface area contributed by atoms with Gasteiger partial charge in [-0.2, -0.15) is 0 Å². The van der Waals surface area contributed by atoms with Crippen molar-refractivity contribution in [3.8, 4) is 0 Å². The van der Waals surface area contributed by atoms with Gasteiger partial charge in [0.1, 0.15) is 0 Å². The molecule has 3 rings (SSSR count). The molecule has 0 amide bonds. The van der Waals surface area contributed by atoms with Gasteiger partial charge in [-0.25, -0.2) is 4.98 Å². The van der Waals surface area contributed by atoms with E-state index in [-0.39, 0.29) is 5.38 Å². The summed E-state index contributed by atoms with van der Waals surface area (Å²) in [6, 6.07) is 8.24. The lowest BCUT2D eigenvalue weighted by Crippen LogP contribution is -2.17. The van der Waals surface area contributed by atoms with Crippen molar-refractivity contribution < 1.29 is 4.74 Å². The summed E-state index contributed by atoms with van der Waals surface area (Å²) in [5.41, 5.74) is 1.08. The average Bonchev–Trinajstić information content (AvgIpc) is 2.94. The molecule has 1 aliphatic heterocycles. The Labute approximate surface area is 116 Å². The number of fused-ring (bicyclic) bond motifs is 1. The highest BCUT2D eigenvalue weighted by Gasteiger charge is 2.29. The van der Waals surface area contributed by atoms with E-state index in [2.05, 4.69) is 30.1 Å². The first-order valence-electron chi connectivity index (χ1n) is 6.32. The Hall–Kier alpha value is -0.640. The van der Waals surface area contributed by atoms with Crippen LogP contribution in [0.3, 0.4) is 0 Å². The molecule has 0 bridgehead atoms. The predicted octanol–water partition coefficient (Wildman–Crippen LogP) is 3.87. The summed E-state index contributed by atoms with van der Waals surface area (Å²) in [5.74, 6) is 0.466. The Bertz CT molecular complexity index is 508. The number of ether oxygens (including phenoxy) is 1. The largest absolute Gasteiger partial charge is 0.378 e. The van der Waals surface area contributed by atoms with Crippen molar-refractivity contribution in [2.75, 3.05) is 6.61 Å². The van der Waals surface area contributed by atoms with Crippen LogP contribution in [-0.2, 0) is 11.2 Å². The lowest BCUT2D eigenvalue weighted by Gasteiger charge is -2.13. The number of para-hydroxylation sites is 1. The van der Waals surface area contributed by atoms with Crippen LogP contribution in [0.1, 0.15) is 18.4 Å². The van der Waals surface area contributed by atoms with Gasteiger partial charge in [0, 0.05) is 17.7 Å². The second kappa shape index (κ2) is 5.16. The Morgan fingerprint density at radius 1 is 1.50 bits per heavy atom. The van der Waals surface area contributed by atoms with Gasteiger partial charge >= 0.3 is 0 Å². The molecule has 3 atom stereocenters. The van der Waals surface area contributed by atoms with Crippen LogP contribution in [0.2, 0.25) is 0 Å². The van der Waals surface area contributed by atoms with E-state index in [1.807, 2.05) is 6.07 Å². The zero-order valence-corrected chi connectivity index (χ0v) is 11.9. The summed E-state index contributed by atoms with van der Waals surface area (Å²) in [6.45, 7) is 2.90. The molecule has 2 nitrogen and oxygen atoms in total. The number of hydrogen-bond acceptors (Lipinski definition) is 3. The fourth-order valence-electron chi connectivity index (χ4n) is 2.44. The SMILES string of the molecule is CC1CC(C(Cl)Cc2nc3ccccc3s2)CO1. The zero-order valence-electron chi connectivity index (χ0n) is 10.3. The molecule has 3 unspecified atom stereocenters. The number of rotatable bonds is 3. The molecule has 1 fully saturated rings. The number of benzene rings is 1. The average molecular weight is 282 g/mol. The normalized spacial score (nSPS) is 25.7. The summed E-state index contributed by atoms with van der Waals surface area (Å²) in [5, 5.41) is 1.27. The maximum atomic E-state index is 6.50. The van der Waals surface area contributed by atoms with Gasteiger partial charge in [-0.1, -0.05) is 12.1 Å². The Kier molecular flexibility index (Phi) is 3.55. The third-order valence-electron chi connectivity index (χ3n) is 3.45. The molecule has 18 heavy (non-hydrogen) atoms. The highest BCUT2D eigenvalue weighted by molar-refractivity contribution is 7.18. The molecule has 0 radical (unpaired) electrons. The molecule has 0 N–H and O–H groups in total. The first-order chi connectivity index (χ1) is 8.72. The molecule has 4 heteroatoms. The maximum absolute atomic E-state index is 6.50. The van der Waals surface area contributed by atoms with Crippen LogP contribution in [0.4, 0.5) is 0 Å². The standard InChI is InChI=1S/C14H16ClNOS/c1-9-6-10(8-17-9)11(15)7-14-16-12-4-2-3-5-13(12)18-14/h2-5,9-11H,6-8H2,1H3. The number of thiazole rings is 1. The predicted molar refractivity (Wildman–Crippen MR) is 76.5 cm³/mol. The summed E-state index contributed by atoms with van der Waals surface area (Å²) >= 11 is 8.25. The third-order valence-corrected chi connectivity index (χ3v) is 5.02. The van der Waals surface area contributed by atoms with Crippen LogP contribution in [0.25, 0.3) is 10.2 Å². The molecule has 1 aromatic carbocycles. The van der Waals surface area contributed by atoms with Gasteiger partial charge in [0.25, 0.3) is 0 Å². The first-order valence-corrected chi connectivity index (χ1v) is 7.58. The molecular formula is C14H16ClNOS. The monoisotopic (exact) mass is 281 g/mol. The van der Waals surface area contributed by atoms with Crippen LogP contribution in [-0.4, -0.2) is 23.1 Å². The smallest absolute Gasteiger partial charge is 0.0953 e. The van der Waals surface area contributed by atoms with E-state index < -0.39 is 0 Å². The van der Waals surface area contributed by atoms with Crippen molar-refractivity contribution >= 4 is 33.2 Å². The van der Waals surface area contributed by atoms with Crippen molar-refractivity contribution in [3.05, 3.63) is 29.3 Å². The maximum Gasteiger partial charge on any atom is 0.0953 e. The molecule has 2 heterocycles. The van der Waals surface area contributed by atoms with Crippen molar-refractivity contribution in [1.82, 2.24) is 4.98 Å². The molecule has 0 saturated carbocycles. The van der Waals surface area contributed by atoms with Crippen molar-refractivity contribution in [2.45, 2.75) is 31.2 Å². The number of alkyl halides is 1. The van der Waals surface area contributed by atoms with Crippen LogP contribution in [0.15, 0.2) is 24.3 Å². The van der Waals surface area contributed by atoms with Gasteiger partial charge in [-0.15, -0.1) is 22.9 Å². The molecular weight excluding hydrogens is 266 g/mol. The molecule has 0 spiro atoms. The molecule has 0 aliphatic carbocycles. The van der Waals surface area contributed by atoms with Crippen LogP contribution in [0.5, 0.6) is 0 Å². The number of aromatic nitrogens is 1. The van der Waals surface area contributed by atoms with E-state index in [1.165, 1.54) is 4.70 Å². The molecule has 1 aromatic heterocycles. The van der Waals surface area contributed by atoms with E-state index in [0.717, 1.165) is 30.0 Å². The first kappa shape index (κ1) is 12.4. The van der Waals surface area contributed by atoms with Gasteiger partial charge < -0.3 is 4.74 Å². The minimum atomic E-state index is 0.135. The summed E-state index contributed by atoms with van der Waals surface area (Å²) < 4.78 is 6.82. The van der Waals surface area contributed by atoms with Crippen molar-refractivity contribution in [1.29, 1.82) is 0 Å². The Balaban J connectivity index is 1.71. The fraction of sp³-hybridized carbons (Fsp3) is 0.500. The Morgan fingerprint density at radius 3 is 3.06 bits per heavy atom. The molecule has 1 saturated heterocycles. The van der Waals surface area contributed by atoms with E-state index in [1.54, 1.807) is 11.3 Å². The van der Waals surface area contributed by atoms with Crippen LogP contribution < -0.4 is 0 Å². The zero-order chi connectivity index (χ0) is 12.5. The number of hydrogen-bond donors (Lipinski definition) is 0.